The second-order valence-corrected chi connectivity index (χ2v) is 8.62. The highest BCUT2D eigenvalue weighted by Crippen LogP contribution is 2.30. The van der Waals surface area contributed by atoms with Gasteiger partial charge < -0.3 is 25.6 Å². The first-order chi connectivity index (χ1) is 15.8. The number of hydrogen-bond donors (Lipinski definition) is 4. The summed E-state index contributed by atoms with van der Waals surface area (Å²) in [4.78, 5) is 38.7. The Balaban J connectivity index is 1.74. The van der Waals surface area contributed by atoms with Crippen molar-refractivity contribution in [3.8, 4) is 11.1 Å². The summed E-state index contributed by atoms with van der Waals surface area (Å²) in [5, 5.41) is 24.5. The largest absolute Gasteiger partial charge is 0.394 e. The van der Waals surface area contributed by atoms with Gasteiger partial charge in [-0.15, -0.1) is 0 Å². The van der Waals surface area contributed by atoms with Crippen LogP contribution >= 0.6 is 0 Å². The lowest BCUT2D eigenvalue weighted by Gasteiger charge is -2.25. The van der Waals surface area contributed by atoms with Gasteiger partial charge in [0.25, 0.3) is 5.91 Å². The Morgan fingerprint density at radius 2 is 1.61 bits per heavy atom. The number of carbonyl (C=O) groups is 3. The number of ketones is 1. The van der Waals surface area contributed by atoms with Crippen molar-refractivity contribution in [2.75, 3.05) is 19.8 Å². The number of epoxide rings is 1. The molecule has 1 saturated heterocycles. The Kier molecular flexibility index (Phi) is 7.97. The van der Waals surface area contributed by atoms with E-state index in [1.54, 1.807) is 18.2 Å². The molecule has 0 saturated carbocycles. The van der Waals surface area contributed by atoms with Gasteiger partial charge in [0.2, 0.25) is 5.91 Å². The molecule has 8 heteroatoms. The van der Waals surface area contributed by atoms with Gasteiger partial charge in [0.15, 0.2) is 11.4 Å². The SMILES string of the molecule is CC(C)C[C@H](NC(=O)[C@H](CO)NC(=O)c1ccccc1-c1ccccc1)C(=O)C1(CO)CO1. The van der Waals surface area contributed by atoms with Gasteiger partial charge in [-0.2, -0.15) is 0 Å². The summed E-state index contributed by atoms with van der Waals surface area (Å²) < 4.78 is 5.15. The van der Waals surface area contributed by atoms with Gasteiger partial charge in [0, 0.05) is 5.56 Å². The van der Waals surface area contributed by atoms with Crippen LogP contribution in [0, 0.1) is 5.92 Å². The summed E-state index contributed by atoms with van der Waals surface area (Å²) in [5.74, 6) is -1.54. The Morgan fingerprint density at radius 3 is 2.18 bits per heavy atom. The van der Waals surface area contributed by atoms with Gasteiger partial charge in [0.05, 0.1) is 25.9 Å². The molecule has 2 aromatic rings. The van der Waals surface area contributed by atoms with Gasteiger partial charge in [0.1, 0.15) is 6.04 Å². The van der Waals surface area contributed by atoms with Crippen LogP contribution in [0.15, 0.2) is 54.6 Å². The molecule has 8 nitrogen and oxygen atoms in total. The molecule has 1 aliphatic rings. The highest BCUT2D eigenvalue weighted by Gasteiger charge is 2.54. The molecule has 3 rings (SSSR count). The highest BCUT2D eigenvalue weighted by molar-refractivity contribution is 6.03. The number of benzene rings is 2. The number of rotatable bonds is 11. The van der Waals surface area contributed by atoms with Crippen LogP contribution in [0.2, 0.25) is 0 Å². The molecule has 0 spiro atoms. The van der Waals surface area contributed by atoms with Crippen LogP contribution in [-0.2, 0) is 14.3 Å². The fourth-order valence-corrected chi connectivity index (χ4v) is 3.67. The minimum absolute atomic E-state index is 0.0775. The Hall–Kier alpha value is -3.07. The van der Waals surface area contributed by atoms with Crippen molar-refractivity contribution in [1.82, 2.24) is 10.6 Å². The van der Waals surface area contributed by atoms with E-state index in [9.17, 15) is 24.6 Å². The first-order valence-corrected chi connectivity index (χ1v) is 11.0. The number of amides is 2. The molecule has 33 heavy (non-hydrogen) atoms. The summed E-state index contributed by atoms with van der Waals surface area (Å²) in [6.07, 6.45) is 0.332. The van der Waals surface area contributed by atoms with E-state index < -0.39 is 48.5 Å². The van der Waals surface area contributed by atoms with E-state index in [1.807, 2.05) is 50.2 Å². The second kappa shape index (κ2) is 10.7. The van der Waals surface area contributed by atoms with Crippen molar-refractivity contribution in [1.29, 1.82) is 0 Å². The van der Waals surface area contributed by atoms with Crippen LogP contribution in [0.1, 0.15) is 30.6 Å². The molecule has 4 N–H and O–H groups in total. The van der Waals surface area contributed by atoms with E-state index >= 15 is 0 Å². The molecule has 2 amide bonds. The van der Waals surface area contributed by atoms with Gasteiger partial charge in [-0.25, -0.2) is 0 Å². The van der Waals surface area contributed by atoms with Crippen LogP contribution in [-0.4, -0.2) is 65.3 Å². The average Bonchev–Trinajstić information content (AvgIpc) is 3.63. The Labute approximate surface area is 193 Å². The van der Waals surface area contributed by atoms with Gasteiger partial charge in [-0.1, -0.05) is 62.4 Å². The van der Waals surface area contributed by atoms with Crippen molar-refractivity contribution in [3.05, 3.63) is 60.2 Å². The molecular formula is C25H30N2O6. The number of Topliss-reactive ketones (excluding diaryl/α,β-unsaturated/α-hetero) is 1. The average molecular weight is 455 g/mol. The smallest absolute Gasteiger partial charge is 0.252 e. The molecule has 176 valence electrons. The second-order valence-electron chi connectivity index (χ2n) is 8.62. The monoisotopic (exact) mass is 454 g/mol. The number of aliphatic hydroxyl groups is 2. The molecule has 0 aromatic heterocycles. The molecule has 1 aliphatic heterocycles. The van der Waals surface area contributed by atoms with Crippen molar-refractivity contribution >= 4 is 17.6 Å². The Bertz CT molecular complexity index is 987. The van der Waals surface area contributed by atoms with E-state index in [1.165, 1.54) is 0 Å². The van der Waals surface area contributed by atoms with Crippen LogP contribution in [0.5, 0.6) is 0 Å². The van der Waals surface area contributed by atoms with E-state index in [4.69, 9.17) is 4.74 Å². The molecule has 1 fully saturated rings. The lowest BCUT2D eigenvalue weighted by Crippen LogP contribution is -2.55. The first-order valence-electron chi connectivity index (χ1n) is 11.0. The summed E-state index contributed by atoms with van der Waals surface area (Å²) >= 11 is 0. The molecule has 0 radical (unpaired) electrons. The zero-order chi connectivity index (χ0) is 24.0. The maximum Gasteiger partial charge on any atom is 0.252 e. The number of hydrogen-bond acceptors (Lipinski definition) is 6. The third-order valence-electron chi connectivity index (χ3n) is 5.60. The molecule has 2 aromatic carbocycles. The van der Waals surface area contributed by atoms with Crippen molar-refractivity contribution in [3.63, 3.8) is 0 Å². The number of nitrogens with one attached hydrogen (secondary N) is 2. The third kappa shape index (κ3) is 5.84. The molecule has 1 unspecified atom stereocenters. The standard InChI is InChI=1S/C25H30N2O6/c1-16(2)12-20(22(30)25(14-29)15-33-25)26-24(32)21(13-28)27-23(31)19-11-7-6-10-18(19)17-8-4-3-5-9-17/h3-11,16,20-21,28-29H,12-15H2,1-2H3,(H,26,32)(H,27,31)/t20-,21-,25?/m0/s1. The normalized spacial score (nSPS) is 18.9. The summed E-state index contributed by atoms with van der Waals surface area (Å²) in [6, 6.07) is 14.2. The van der Waals surface area contributed by atoms with Crippen molar-refractivity contribution in [2.45, 2.75) is 38.0 Å². The predicted molar refractivity (Wildman–Crippen MR) is 122 cm³/mol. The van der Waals surface area contributed by atoms with E-state index in [0.717, 1.165) is 5.56 Å². The van der Waals surface area contributed by atoms with Crippen molar-refractivity contribution in [2.24, 2.45) is 5.92 Å². The summed E-state index contributed by atoms with van der Waals surface area (Å²) in [5.41, 5.74) is 0.612. The van der Waals surface area contributed by atoms with Crippen LogP contribution < -0.4 is 10.6 Å². The summed E-state index contributed by atoms with van der Waals surface area (Å²) in [6.45, 7) is 2.79. The van der Waals surface area contributed by atoms with Crippen LogP contribution in [0.25, 0.3) is 11.1 Å². The molecule has 3 atom stereocenters. The lowest BCUT2D eigenvalue weighted by molar-refractivity contribution is -0.133. The first kappa shape index (κ1) is 24.6. The van der Waals surface area contributed by atoms with Gasteiger partial charge >= 0.3 is 0 Å². The number of ether oxygens (including phenoxy) is 1. The van der Waals surface area contributed by atoms with E-state index in [0.29, 0.717) is 17.5 Å². The third-order valence-corrected chi connectivity index (χ3v) is 5.60. The van der Waals surface area contributed by atoms with Gasteiger partial charge in [-0.05, 0) is 29.5 Å². The quantitative estimate of drug-likeness (QED) is 0.379. The zero-order valence-electron chi connectivity index (χ0n) is 18.8. The summed E-state index contributed by atoms with van der Waals surface area (Å²) in [7, 11) is 0. The number of carbonyl (C=O) groups excluding carboxylic acids is 3. The Morgan fingerprint density at radius 1 is 0.970 bits per heavy atom. The highest BCUT2D eigenvalue weighted by atomic mass is 16.6. The predicted octanol–water partition coefficient (Wildman–Crippen LogP) is 1.31. The fourth-order valence-electron chi connectivity index (χ4n) is 3.67. The maximum atomic E-state index is 13.0. The van der Waals surface area contributed by atoms with Gasteiger partial charge in [-0.3, -0.25) is 14.4 Å². The van der Waals surface area contributed by atoms with E-state index in [-0.39, 0.29) is 12.5 Å². The maximum absolute atomic E-state index is 13.0. The minimum Gasteiger partial charge on any atom is -0.394 e. The van der Waals surface area contributed by atoms with E-state index in [2.05, 4.69) is 10.6 Å². The number of aliphatic hydroxyl groups excluding tert-OH is 2. The van der Waals surface area contributed by atoms with Crippen LogP contribution in [0.3, 0.4) is 0 Å². The molecule has 0 aliphatic carbocycles. The van der Waals surface area contributed by atoms with Crippen LogP contribution in [0.4, 0.5) is 0 Å². The van der Waals surface area contributed by atoms with Crippen molar-refractivity contribution < 1.29 is 29.3 Å². The minimum atomic E-state index is -1.28. The molecule has 1 heterocycles. The lowest BCUT2D eigenvalue weighted by atomic mass is 9.92. The fraction of sp³-hybridized carbons (Fsp3) is 0.400. The molecular weight excluding hydrogens is 424 g/mol. The zero-order valence-corrected chi connectivity index (χ0v) is 18.8. The molecule has 0 bridgehead atoms. The topological polar surface area (TPSA) is 128 Å².